The number of hydrogen-bond donors (Lipinski definition) is 0. The second-order valence-corrected chi connectivity index (χ2v) is 6.82. The van der Waals surface area contributed by atoms with E-state index in [0.717, 1.165) is 17.6 Å². The zero-order valence-electron chi connectivity index (χ0n) is 11.8. The van der Waals surface area contributed by atoms with E-state index < -0.39 is 0 Å². The maximum Gasteiger partial charge on any atom is 0.120 e. The van der Waals surface area contributed by atoms with Gasteiger partial charge in [-0.2, -0.15) is 0 Å². The molecule has 0 aromatic heterocycles. The van der Waals surface area contributed by atoms with Gasteiger partial charge < -0.3 is 4.74 Å². The van der Waals surface area contributed by atoms with Crippen LogP contribution in [0.25, 0.3) is 0 Å². The van der Waals surface area contributed by atoms with Gasteiger partial charge >= 0.3 is 0 Å². The Labute approximate surface area is 119 Å². The quantitative estimate of drug-likeness (QED) is 0.723. The van der Waals surface area contributed by atoms with E-state index in [9.17, 15) is 0 Å². The highest BCUT2D eigenvalue weighted by molar-refractivity contribution is 9.10. The van der Waals surface area contributed by atoms with Crippen molar-refractivity contribution in [2.24, 2.45) is 11.8 Å². The minimum Gasteiger partial charge on any atom is -0.490 e. The van der Waals surface area contributed by atoms with E-state index >= 15 is 0 Å². The average molecular weight is 311 g/mol. The van der Waals surface area contributed by atoms with E-state index in [1.165, 1.54) is 34.9 Å². The fourth-order valence-corrected chi connectivity index (χ4v) is 3.36. The molecule has 1 aliphatic rings. The zero-order valence-corrected chi connectivity index (χ0v) is 13.4. The van der Waals surface area contributed by atoms with Crippen molar-refractivity contribution in [2.45, 2.75) is 53.1 Å². The Hall–Kier alpha value is -0.500. The summed E-state index contributed by atoms with van der Waals surface area (Å²) in [7, 11) is 0. The van der Waals surface area contributed by atoms with Crippen LogP contribution in [0.2, 0.25) is 0 Å². The first-order valence-electron chi connectivity index (χ1n) is 6.89. The van der Waals surface area contributed by atoms with E-state index in [2.05, 4.69) is 55.8 Å². The molecule has 2 rings (SSSR count). The summed E-state index contributed by atoms with van der Waals surface area (Å²) in [6, 6.07) is 4.28. The largest absolute Gasteiger partial charge is 0.490 e. The van der Waals surface area contributed by atoms with Crippen LogP contribution in [0.3, 0.4) is 0 Å². The Morgan fingerprint density at radius 3 is 2.00 bits per heavy atom. The number of benzene rings is 1. The summed E-state index contributed by atoms with van der Waals surface area (Å²) in [4.78, 5) is 0. The van der Waals surface area contributed by atoms with Gasteiger partial charge in [-0.25, -0.2) is 0 Å². The van der Waals surface area contributed by atoms with Gasteiger partial charge in [-0.15, -0.1) is 0 Å². The Morgan fingerprint density at radius 2 is 1.50 bits per heavy atom. The predicted molar refractivity (Wildman–Crippen MR) is 80.2 cm³/mol. The molecule has 2 unspecified atom stereocenters. The standard InChI is InChI=1S/C16H23BrO/c1-10-5-11(2)7-14(6-10)18-15-8-12(3)16(17)13(4)9-15/h8-11,14H,5-7H2,1-4H3. The third kappa shape index (κ3) is 3.28. The Kier molecular flexibility index (Phi) is 4.37. The molecule has 1 aromatic carbocycles. The van der Waals surface area contributed by atoms with Crippen molar-refractivity contribution >= 4 is 15.9 Å². The highest BCUT2D eigenvalue weighted by atomic mass is 79.9. The zero-order chi connectivity index (χ0) is 13.3. The molecule has 0 saturated heterocycles. The van der Waals surface area contributed by atoms with Crippen molar-refractivity contribution in [3.63, 3.8) is 0 Å². The van der Waals surface area contributed by atoms with Gasteiger partial charge in [0.25, 0.3) is 0 Å². The van der Waals surface area contributed by atoms with Crippen LogP contribution in [0.4, 0.5) is 0 Å². The number of aryl methyl sites for hydroxylation is 2. The van der Waals surface area contributed by atoms with Gasteiger partial charge in [-0.1, -0.05) is 29.8 Å². The lowest BCUT2D eigenvalue weighted by molar-refractivity contribution is 0.101. The number of hydrogen-bond acceptors (Lipinski definition) is 1. The van der Waals surface area contributed by atoms with Crippen LogP contribution >= 0.6 is 15.9 Å². The molecule has 2 atom stereocenters. The normalized spacial score (nSPS) is 28.2. The lowest BCUT2D eigenvalue weighted by atomic mass is 9.82. The molecule has 0 heterocycles. The molecule has 0 N–H and O–H groups in total. The molecule has 18 heavy (non-hydrogen) atoms. The van der Waals surface area contributed by atoms with Gasteiger partial charge in [0.2, 0.25) is 0 Å². The number of ether oxygens (including phenoxy) is 1. The first kappa shape index (κ1) is 13.9. The molecule has 100 valence electrons. The third-order valence-electron chi connectivity index (χ3n) is 3.85. The summed E-state index contributed by atoms with van der Waals surface area (Å²) in [5, 5.41) is 0. The lowest BCUT2D eigenvalue weighted by Crippen LogP contribution is -2.28. The molecule has 1 aliphatic carbocycles. The molecule has 0 aliphatic heterocycles. The summed E-state index contributed by atoms with van der Waals surface area (Å²) in [5.41, 5.74) is 2.50. The molecule has 0 radical (unpaired) electrons. The Balaban J connectivity index is 2.09. The number of rotatable bonds is 2. The van der Waals surface area contributed by atoms with E-state index in [1.807, 2.05) is 0 Å². The van der Waals surface area contributed by atoms with Crippen LogP contribution in [0, 0.1) is 25.7 Å². The van der Waals surface area contributed by atoms with Crippen molar-refractivity contribution in [3.8, 4) is 5.75 Å². The van der Waals surface area contributed by atoms with Crippen LogP contribution < -0.4 is 4.74 Å². The molecular weight excluding hydrogens is 288 g/mol. The Morgan fingerprint density at radius 1 is 1.00 bits per heavy atom. The molecule has 0 bridgehead atoms. The highest BCUT2D eigenvalue weighted by Crippen LogP contribution is 2.33. The maximum atomic E-state index is 6.19. The first-order valence-corrected chi connectivity index (χ1v) is 7.68. The van der Waals surface area contributed by atoms with E-state index in [1.54, 1.807) is 0 Å². The van der Waals surface area contributed by atoms with Crippen LogP contribution in [0.1, 0.15) is 44.2 Å². The summed E-state index contributed by atoms with van der Waals surface area (Å²) in [5.74, 6) is 2.60. The molecule has 1 fully saturated rings. The average Bonchev–Trinajstić information content (AvgIpc) is 2.24. The van der Waals surface area contributed by atoms with Gasteiger partial charge in [0.1, 0.15) is 5.75 Å². The van der Waals surface area contributed by atoms with Crippen molar-refractivity contribution in [1.82, 2.24) is 0 Å². The SMILES string of the molecule is Cc1cc(OC2CC(C)CC(C)C2)cc(C)c1Br. The summed E-state index contributed by atoms with van der Waals surface area (Å²) < 4.78 is 7.39. The number of halogens is 1. The van der Waals surface area contributed by atoms with Gasteiger partial charge in [0, 0.05) is 4.47 Å². The highest BCUT2D eigenvalue weighted by Gasteiger charge is 2.25. The van der Waals surface area contributed by atoms with Crippen molar-refractivity contribution in [3.05, 3.63) is 27.7 Å². The molecule has 1 aromatic rings. The van der Waals surface area contributed by atoms with Crippen LogP contribution in [-0.2, 0) is 0 Å². The van der Waals surface area contributed by atoms with Gasteiger partial charge in [-0.05, 0) is 68.2 Å². The van der Waals surface area contributed by atoms with Gasteiger partial charge in [0.15, 0.2) is 0 Å². The van der Waals surface area contributed by atoms with Crippen LogP contribution in [0.5, 0.6) is 5.75 Å². The van der Waals surface area contributed by atoms with E-state index in [4.69, 9.17) is 4.74 Å². The van der Waals surface area contributed by atoms with Crippen molar-refractivity contribution in [2.75, 3.05) is 0 Å². The summed E-state index contributed by atoms with van der Waals surface area (Å²) in [6.07, 6.45) is 4.12. The molecule has 0 spiro atoms. The molecular formula is C16H23BrO. The second-order valence-electron chi connectivity index (χ2n) is 6.03. The first-order chi connectivity index (χ1) is 8.45. The van der Waals surface area contributed by atoms with Crippen molar-refractivity contribution in [1.29, 1.82) is 0 Å². The van der Waals surface area contributed by atoms with Crippen LogP contribution in [0.15, 0.2) is 16.6 Å². The molecule has 1 saturated carbocycles. The van der Waals surface area contributed by atoms with Crippen molar-refractivity contribution < 1.29 is 4.74 Å². The van der Waals surface area contributed by atoms with E-state index in [-0.39, 0.29) is 0 Å². The molecule has 0 amide bonds. The monoisotopic (exact) mass is 310 g/mol. The third-order valence-corrected chi connectivity index (χ3v) is 5.10. The summed E-state index contributed by atoms with van der Waals surface area (Å²) in [6.45, 7) is 8.92. The second kappa shape index (κ2) is 5.64. The smallest absolute Gasteiger partial charge is 0.120 e. The van der Waals surface area contributed by atoms with Gasteiger partial charge in [-0.3, -0.25) is 0 Å². The van der Waals surface area contributed by atoms with E-state index in [0.29, 0.717) is 6.10 Å². The topological polar surface area (TPSA) is 9.23 Å². The van der Waals surface area contributed by atoms with Gasteiger partial charge in [0.05, 0.1) is 6.10 Å². The summed E-state index contributed by atoms with van der Waals surface area (Å²) >= 11 is 3.60. The lowest BCUT2D eigenvalue weighted by Gasteiger charge is -2.31. The minimum atomic E-state index is 0.392. The van der Waals surface area contributed by atoms with Crippen LogP contribution in [-0.4, -0.2) is 6.10 Å². The molecule has 2 heteroatoms. The minimum absolute atomic E-state index is 0.392. The maximum absolute atomic E-state index is 6.19. The fraction of sp³-hybridized carbons (Fsp3) is 0.625. The predicted octanol–water partition coefficient (Wildman–Crippen LogP) is 5.27. The fourth-order valence-electron chi connectivity index (χ4n) is 3.14. The Bertz CT molecular complexity index is 394. The molecule has 1 nitrogen and oxygen atoms in total.